The minimum absolute atomic E-state index is 0.0654. The first-order valence-electron chi connectivity index (χ1n) is 9.59. The maximum Gasteiger partial charge on any atom is 0.257 e. The van der Waals surface area contributed by atoms with Gasteiger partial charge in [-0.2, -0.15) is 0 Å². The van der Waals surface area contributed by atoms with E-state index >= 15 is 0 Å². The van der Waals surface area contributed by atoms with Gasteiger partial charge >= 0.3 is 0 Å². The number of ether oxygens (including phenoxy) is 2. The zero-order valence-electron chi connectivity index (χ0n) is 16.6. The molecule has 1 aromatic heterocycles. The van der Waals surface area contributed by atoms with E-state index in [1.807, 2.05) is 19.1 Å². The highest BCUT2D eigenvalue weighted by Gasteiger charge is 2.38. The molecule has 1 aromatic carbocycles. The number of carbonyl (C=O) groups is 1. The number of methoxy groups -OCH3 is 2. The first kappa shape index (κ1) is 19.6. The van der Waals surface area contributed by atoms with Crippen LogP contribution in [0.2, 0.25) is 0 Å². The average molecular weight is 413 g/mol. The summed E-state index contributed by atoms with van der Waals surface area (Å²) in [5.41, 5.74) is 2.55. The van der Waals surface area contributed by atoms with Crippen LogP contribution in [0.5, 0.6) is 11.5 Å². The lowest BCUT2D eigenvalue weighted by Crippen LogP contribution is -2.32. The molecule has 29 heavy (non-hydrogen) atoms. The molecule has 0 saturated carbocycles. The van der Waals surface area contributed by atoms with Crippen molar-refractivity contribution in [3.05, 3.63) is 50.9 Å². The number of fused-ring (bicyclic) bond motifs is 1. The van der Waals surface area contributed by atoms with Crippen LogP contribution in [-0.4, -0.2) is 35.7 Å². The molecule has 2 heterocycles. The van der Waals surface area contributed by atoms with Crippen molar-refractivity contribution in [1.82, 2.24) is 9.97 Å². The number of anilines is 1. The fourth-order valence-corrected chi connectivity index (χ4v) is 4.61. The van der Waals surface area contributed by atoms with Crippen molar-refractivity contribution in [2.24, 2.45) is 0 Å². The van der Waals surface area contributed by atoms with Crippen molar-refractivity contribution in [3.63, 3.8) is 0 Å². The van der Waals surface area contributed by atoms with Gasteiger partial charge < -0.3 is 19.8 Å². The van der Waals surface area contributed by atoms with E-state index in [0.717, 1.165) is 29.9 Å². The van der Waals surface area contributed by atoms with E-state index in [2.05, 4.69) is 15.3 Å². The molecule has 0 bridgehead atoms. The molecule has 0 radical (unpaired) electrons. The number of benzene rings is 1. The highest BCUT2D eigenvalue weighted by atomic mass is 32.2. The molecule has 1 aliphatic carbocycles. The first-order valence-corrected chi connectivity index (χ1v) is 10.6. The van der Waals surface area contributed by atoms with Crippen LogP contribution in [0.1, 0.15) is 43.2 Å². The maximum atomic E-state index is 13.1. The van der Waals surface area contributed by atoms with Crippen LogP contribution in [0, 0.1) is 0 Å². The van der Waals surface area contributed by atoms with Gasteiger partial charge in [-0.25, -0.2) is 4.98 Å². The minimum atomic E-state index is -0.495. The van der Waals surface area contributed by atoms with Gasteiger partial charge in [-0.3, -0.25) is 9.59 Å². The number of nitrogens with one attached hydrogen (secondary N) is 2. The Morgan fingerprint density at radius 1 is 1.17 bits per heavy atom. The number of hydrogen-bond acceptors (Lipinski definition) is 7. The third-order valence-corrected chi connectivity index (χ3v) is 6.01. The van der Waals surface area contributed by atoms with E-state index in [0.29, 0.717) is 40.0 Å². The molecular formula is C21H23N3O4S. The number of Topliss-reactive ketones (excluding diaryl/α,β-unsaturated/α-hetero) is 1. The van der Waals surface area contributed by atoms with Gasteiger partial charge in [0.25, 0.3) is 5.56 Å². The molecule has 2 N–H and O–H groups in total. The molecule has 0 saturated heterocycles. The quantitative estimate of drug-likeness (QED) is 0.573. The van der Waals surface area contributed by atoms with Crippen LogP contribution in [0.25, 0.3) is 0 Å². The molecule has 4 rings (SSSR count). The second-order valence-corrected chi connectivity index (χ2v) is 8.16. The highest BCUT2D eigenvalue weighted by Crippen LogP contribution is 2.45. The van der Waals surface area contributed by atoms with E-state index in [-0.39, 0.29) is 11.3 Å². The largest absolute Gasteiger partial charge is 0.493 e. The Labute approximate surface area is 172 Å². The Balaban J connectivity index is 1.94. The second-order valence-electron chi connectivity index (χ2n) is 6.91. The number of carbonyl (C=O) groups excluding carboxylic acids is 1. The van der Waals surface area contributed by atoms with Gasteiger partial charge in [0, 0.05) is 23.6 Å². The highest BCUT2D eigenvalue weighted by molar-refractivity contribution is 7.99. The van der Waals surface area contributed by atoms with Crippen molar-refractivity contribution in [2.75, 3.05) is 25.3 Å². The Morgan fingerprint density at radius 2 is 1.97 bits per heavy atom. The molecule has 1 aliphatic heterocycles. The summed E-state index contributed by atoms with van der Waals surface area (Å²) in [6.07, 6.45) is 2.03. The summed E-state index contributed by atoms with van der Waals surface area (Å²) in [5, 5.41) is 3.85. The lowest BCUT2D eigenvalue weighted by molar-refractivity contribution is -0.116. The summed E-state index contributed by atoms with van der Waals surface area (Å²) in [6, 6.07) is 5.51. The van der Waals surface area contributed by atoms with E-state index in [1.54, 1.807) is 20.3 Å². The summed E-state index contributed by atoms with van der Waals surface area (Å²) < 4.78 is 10.8. The smallest absolute Gasteiger partial charge is 0.257 e. The van der Waals surface area contributed by atoms with Gasteiger partial charge in [0.05, 0.1) is 19.8 Å². The van der Waals surface area contributed by atoms with Gasteiger partial charge in [-0.1, -0.05) is 24.8 Å². The summed E-state index contributed by atoms with van der Waals surface area (Å²) in [5.74, 6) is 2.04. The summed E-state index contributed by atoms with van der Waals surface area (Å²) in [7, 11) is 3.14. The Morgan fingerprint density at radius 3 is 2.69 bits per heavy atom. The third kappa shape index (κ3) is 3.42. The number of aromatic amines is 1. The molecule has 7 nitrogen and oxygen atoms in total. The monoisotopic (exact) mass is 413 g/mol. The van der Waals surface area contributed by atoms with Gasteiger partial charge in [0.1, 0.15) is 5.82 Å². The van der Waals surface area contributed by atoms with Crippen molar-refractivity contribution in [2.45, 2.75) is 37.3 Å². The zero-order chi connectivity index (χ0) is 20.5. The number of aromatic nitrogens is 2. The SMILES string of the molecule is CCSc1nc2c(c(=O)[nH]1)[C@@H](c1ccc(OC)c(OC)c1)C1=C(CCCC1=O)N2. The number of H-pyrrole nitrogens is 1. The molecule has 0 fully saturated rings. The van der Waals surface area contributed by atoms with E-state index in [9.17, 15) is 9.59 Å². The number of hydrogen-bond donors (Lipinski definition) is 2. The van der Waals surface area contributed by atoms with Gasteiger partial charge in [-0.15, -0.1) is 0 Å². The van der Waals surface area contributed by atoms with Crippen LogP contribution >= 0.6 is 11.8 Å². The average Bonchev–Trinajstić information content (AvgIpc) is 2.72. The number of ketones is 1. The molecular weight excluding hydrogens is 390 g/mol. The van der Waals surface area contributed by atoms with Crippen LogP contribution in [0.15, 0.2) is 39.4 Å². The number of allylic oxidation sites excluding steroid dienone is 2. The predicted octanol–water partition coefficient (Wildman–Crippen LogP) is 3.46. The molecule has 2 aromatic rings. The van der Waals surface area contributed by atoms with Crippen molar-refractivity contribution >= 4 is 23.4 Å². The predicted molar refractivity (Wildman–Crippen MR) is 112 cm³/mol. The summed E-state index contributed by atoms with van der Waals surface area (Å²) in [6.45, 7) is 2.00. The Hall–Kier alpha value is -2.74. The fraction of sp³-hybridized carbons (Fsp3) is 0.381. The maximum absolute atomic E-state index is 13.1. The Kier molecular flexibility index (Phi) is 5.36. The van der Waals surface area contributed by atoms with Gasteiger partial charge in [0.15, 0.2) is 22.4 Å². The number of rotatable bonds is 5. The van der Waals surface area contributed by atoms with Crippen LogP contribution in [-0.2, 0) is 4.79 Å². The van der Waals surface area contributed by atoms with Crippen molar-refractivity contribution in [3.8, 4) is 11.5 Å². The van der Waals surface area contributed by atoms with E-state index < -0.39 is 5.92 Å². The van der Waals surface area contributed by atoms with Crippen molar-refractivity contribution in [1.29, 1.82) is 0 Å². The summed E-state index contributed by atoms with van der Waals surface area (Å²) in [4.78, 5) is 33.4. The van der Waals surface area contributed by atoms with Crippen LogP contribution in [0.3, 0.4) is 0 Å². The van der Waals surface area contributed by atoms with E-state index in [1.165, 1.54) is 11.8 Å². The topological polar surface area (TPSA) is 93.3 Å². The molecule has 0 unspecified atom stereocenters. The lowest BCUT2D eigenvalue weighted by atomic mass is 9.76. The second kappa shape index (κ2) is 7.94. The molecule has 0 amide bonds. The molecule has 8 heteroatoms. The van der Waals surface area contributed by atoms with Crippen LogP contribution in [0.4, 0.5) is 5.82 Å². The molecule has 1 atom stereocenters. The first-order chi connectivity index (χ1) is 14.1. The Bertz CT molecular complexity index is 1060. The minimum Gasteiger partial charge on any atom is -0.493 e. The standard InChI is InChI=1S/C21H23N3O4S/c1-4-29-21-23-19-18(20(26)24-21)16(17-12(22-19)6-5-7-13(17)25)11-8-9-14(27-2)15(10-11)28-3/h8-10,16H,4-7H2,1-3H3,(H2,22,23,24,26)/t16-/m0/s1. The number of nitrogens with zero attached hydrogens (tertiary/aromatic N) is 1. The molecule has 2 aliphatic rings. The molecule has 0 spiro atoms. The zero-order valence-corrected chi connectivity index (χ0v) is 17.4. The normalized spacial score (nSPS) is 18.0. The lowest BCUT2D eigenvalue weighted by Gasteiger charge is -2.33. The molecule has 152 valence electrons. The van der Waals surface area contributed by atoms with Gasteiger partial charge in [-0.05, 0) is 36.3 Å². The fourth-order valence-electron chi connectivity index (χ4n) is 4.01. The van der Waals surface area contributed by atoms with Crippen molar-refractivity contribution < 1.29 is 14.3 Å². The third-order valence-electron chi connectivity index (χ3n) is 5.26. The van der Waals surface area contributed by atoms with Crippen LogP contribution < -0.4 is 20.3 Å². The number of thioether (sulfide) groups is 1. The summed E-state index contributed by atoms with van der Waals surface area (Å²) >= 11 is 1.47. The van der Waals surface area contributed by atoms with Gasteiger partial charge in [0.2, 0.25) is 0 Å². The van der Waals surface area contributed by atoms with E-state index in [4.69, 9.17) is 9.47 Å².